The van der Waals surface area contributed by atoms with Crippen molar-refractivity contribution in [2.24, 2.45) is 11.7 Å². The summed E-state index contributed by atoms with van der Waals surface area (Å²) in [5.41, 5.74) is 8.96. The van der Waals surface area contributed by atoms with E-state index in [1.165, 1.54) is 30.4 Å². The van der Waals surface area contributed by atoms with E-state index in [0.29, 0.717) is 17.9 Å². The molecule has 4 heteroatoms. The number of hydrogen-bond acceptors (Lipinski definition) is 4. The van der Waals surface area contributed by atoms with Crippen molar-refractivity contribution in [3.05, 3.63) is 47.1 Å². The van der Waals surface area contributed by atoms with Gasteiger partial charge in [0.2, 0.25) is 5.89 Å². The molecule has 3 unspecified atom stereocenters. The zero-order valence-electron chi connectivity index (χ0n) is 12.2. The van der Waals surface area contributed by atoms with E-state index in [0.717, 1.165) is 31.0 Å². The lowest BCUT2D eigenvalue weighted by Gasteiger charge is -2.27. The van der Waals surface area contributed by atoms with E-state index < -0.39 is 0 Å². The topological polar surface area (TPSA) is 64.9 Å². The summed E-state index contributed by atoms with van der Waals surface area (Å²) in [5.74, 6) is 2.42. The summed E-state index contributed by atoms with van der Waals surface area (Å²) < 4.78 is 5.47. The number of fused-ring (bicyclic) bond motifs is 1. The van der Waals surface area contributed by atoms with Crippen LogP contribution in [0.2, 0.25) is 0 Å². The van der Waals surface area contributed by atoms with Gasteiger partial charge in [-0.3, -0.25) is 0 Å². The fraction of sp³-hybridized carbons (Fsp3) is 0.529. The van der Waals surface area contributed by atoms with Crippen molar-refractivity contribution in [1.29, 1.82) is 0 Å². The predicted octanol–water partition coefficient (Wildman–Crippen LogP) is 2.82. The Morgan fingerprint density at radius 3 is 2.90 bits per heavy atom. The molecule has 1 heterocycles. The average Bonchev–Trinajstić information content (AvgIpc) is 2.91. The van der Waals surface area contributed by atoms with E-state index >= 15 is 0 Å². The van der Waals surface area contributed by atoms with Crippen molar-refractivity contribution in [1.82, 2.24) is 10.1 Å². The summed E-state index contributed by atoms with van der Waals surface area (Å²) in [5, 5.41) is 4.20. The smallest absolute Gasteiger partial charge is 0.227 e. The molecule has 4 nitrogen and oxygen atoms in total. The minimum Gasteiger partial charge on any atom is -0.339 e. The first-order chi connectivity index (χ1) is 10.3. The Bertz CT molecular complexity index is 636. The van der Waals surface area contributed by atoms with Crippen LogP contribution < -0.4 is 5.73 Å². The lowest BCUT2D eigenvalue weighted by atomic mass is 9.77. The van der Waals surface area contributed by atoms with Gasteiger partial charge >= 0.3 is 0 Å². The van der Waals surface area contributed by atoms with Crippen LogP contribution >= 0.6 is 0 Å². The Kier molecular flexibility index (Phi) is 3.26. The molecule has 2 aromatic rings. The van der Waals surface area contributed by atoms with Crippen LogP contribution in [-0.4, -0.2) is 16.2 Å². The lowest BCUT2D eigenvalue weighted by molar-refractivity contribution is 0.272. The van der Waals surface area contributed by atoms with Crippen LogP contribution in [0.5, 0.6) is 0 Å². The predicted molar refractivity (Wildman–Crippen MR) is 79.9 cm³/mol. The van der Waals surface area contributed by atoms with Crippen molar-refractivity contribution in [2.45, 2.75) is 50.5 Å². The molecule has 0 bridgehead atoms. The van der Waals surface area contributed by atoms with Gasteiger partial charge in [0.15, 0.2) is 5.82 Å². The van der Waals surface area contributed by atoms with Crippen LogP contribution in [0.4, 0.5) is 0 Å². The first-order valence-corrected chi connectivity index (χ1v) is 7.97. The Labute approximate surface area is 124 Å². The second kappa shape index (κ2) is 5.26. The summed E-state index contributed by atoms with van der Waals surface area (Å²) in [6.45, 7) is 0. The Morgan fingerprint density at radius 2 is 2.05 bits per heavy atom. The fourth-order valence-electron chi connectivity index (χ4n) is 3.70. The van der Waals surface area contributed by atoms with Crippen LogP contribution in [-0.2, 0) is 12.8 Å². The molecule has 1 fully saturated rings. The molecule has 2 aliphatic carbocycles. The highest BCUT2D eigenvalue weighted by atomic mass is 16.5. The summed E-state index contributed by atoms with van der Waals surface area (Å²) in [6, 6.07) is 8.79. The number of nitrogens with zero attached hydrogens (tertiary/aromatic N) is 2. The van der Waals surface area contributed by atoms with Gasteiger partial charge in [-0.1, -0.05) is 42.3 Å². The van der Waals surface area contributed by atoms with E-state index in [1.807, 2.05) is 0 Å². The van der Waals surface area contributed by atoms with Crippen molar-refractivity contribution < 1.29 is 4.52 Å². The van der Waals surface area contributed by atoms with Gasteiger partial charge in [0.05, 0.1) is 5.92 Å². The molecule has 1 aromatic heterocycles. The molecular weight excluding hydrogens is 262 g/mol. The average molecular weight is 283 g/mol. The minimum atomic E-state index is 0.290. The van der Waals surface area contributed by atoms with Crippen LogP contribution in [0, 0.1) is 5.92 Å². The molecule has 2 aliphatic rings. The van der Waals surface area contributed by atoms with Crippen LogP contribution in [0.25, 0.3) is 0 Å². The highest BCUT2D eigenvalue weighted by Gasteiger charge is 2.31. The first kappa shape index (κ1) is 13.0. The molecule has 1 saturated carbocycles. The third-order valence-corrected chi connectivity index (χ3v) is 5.05. The maximum Gasteiger partial charge on any atom is 0.227 e. The molecule has 0 spiro atoms. The van der Waals surface area contributed by atoms with Crippen molar-refractivity contribution >= 4 is 0 Å². The molecular formula is C17H21N3O. The molecule has 0 amide bonds. The van der Waals surface area contributed by atoms with Crippen LogP contribution in [0.15, 0.2) is 28.8 Å². The molecule has 21 heavy (non-hydrogen) atoms. The van der Waals surface area contributed by atoms with E-state index in [-0.39, 0.29) is 0 Å². The summed E-state index contributed by atoms with van der Waals surface area (Å²) in [6.07, 6.45) is 6.70. The first-order valence-electron chi connectivity index (χ1n) is 7.97. The van der Waals surface area contributed by atoms with E-state index in [2.05, 4.69) is 34.4 Å². The molecule has 3 atom stereocenters. The second-order valence-corrected chi connectivity index (χ2v) is 6.41. The quantitative estimate of drug-likeness (QED) is 0.940. The normalized spacial score (nSPS) is 28.0. The lowest BCUT2D eigenvalue weighted by Crippen LogP contribution is -2.34. The van der Waals surface area contributed by atoms with Gasteiger partial charge in [0.25, 0.3) is 0 Å². The van der Waals surface area contributed by atoms with Gasteiger partial charge < -0.3 is 10.3 Å². The molecule has 0 aliphatic heterocycles. The third-order valence-electron chi connectivity index (χ3n) is 5.05. The van der Waals surface area contributed by atoms with Gasteiger partial charge in [0.1, 0.15) is 0 Å². The second-order valence-electron chi connectivity index (χ2n) is 6.41. The Hall–Kier alpha value is -1.68. The molecule has 0 saturated heterocycles. The largest absolute Gasteiger partial charge is 0.339 e. The van der Waals surface area contributed by atoms with Gasteiger partial charge in [-0.2, -0.15) is 4.98 Å². The van der Waals surface area contributed by atoms with Gasteiger partial charge in [-0.25, -0.2) is 0 Å². The van der Waals surface area contributed by atoms with Crippen molar-refractivity contribution in [3.8, 4) is 0 Å². The van der Waals surface area contributed by atoms with E-state index in [1.54, 1.807) is 0 Å². The number of rotatable bonds is 3. The number of aromatic nitrogens is 2. The monoisotopic (exact) mass is 283 g/mol. The molecule has 2 N–H and O–H groups in total. The Morgan fingerprint density at radius 1 is 1.19 bits per heavy atom. The highest BCUT2D eigenvalue weighted by Crippen LogP contribution is 2.38. The SMILES string of the molecule is NC1CCCCC1Cc1nc(C2Cc3ccccc32)no1. The summed E-state index contributed by atoms with van der Waals surface area (Å²) >= 11 is 0. The number of benzene rings is 1. The van der Waals surface area contributed by atoms with Crippen LogP contribution in [0.1, 0.15) is 54.4 Å². The summed E-state index contributed by atoms with van der Waals surface area (Å²) in [4.78, 5) is 4.63. The standard InChI is InChI=1S/C17H21N3O/c18-15-8-4-2-6-12(15)10-16-19-17(20-21-16)14-9-11-5-1-3-7-13(11)14/h1,3,5,7,12,14-15H,2,4,6,8-10,18H2. The number of nitrogens with two attached hydrogens (primary N) is 1. The molecule has 1 aromatic carbocycles. The van der Waals surface area contributed by atoms with Gasteiger partial charge in [-0.15, -0.1) is 0 Å². The van der Waals surface area contributed by atoms with E-state index in [9.17, 15) is 0 Å². The van der Waals surface area contributed by atoms with E-state index in [4.69, 9.17) is 10.3 Å². The summed E-state index contributed by atoms with van der Waals surface area (Å²) in [7, 11) is 0. The minimum absolute atomic E-state index is 0.290. The maximum atomic E-state index is 6.20. The van der Waals surface area contributed by atoms with Crippen molar-refractivity contribution in [2.75, 3.05) is 0 Å². The molecule has 0 radical (unpaired) electrons. The van der Waals surface area contributed by atoms with Crippen LogP contribution in [0.3, 0.4) is 0 Å². The zero-order valence-corrected chi connectivity index (χ0v) is 12.2. The highest BCUT2D eigenvalue weighted by molar-refractivity contribution is 5.43. The maximum absolute atomic E-state index is 6.20. The van der Waals surface area contributed by atoms with Crippen molar-refractivity contribution in [3.63, 3.8) is 0 Å². The number of hydrogen-bond donors (Lipinski definition) is 1. The van der Waals surface area contributed by atoms with Gasteiger partial charge in [0, 0.05) is 12.5 Å². The third kappa shape index (κ3) is 2.38. The van der Waals surface area contributed by atoms with Gasteiger partial charge in [-0.05, 0) is 36.3 Å². The fourth-order valence-corrected chi connectivity index (χ4v) is 3.70. The zero-order chi connectivity index (χ0) is 14.2. The molecule has 4 rings (SSSR count). The molecule has 110 valence electrons. The Balaban J connectivity index is 1.47.